The van der Waals surface area contributed by atoms with Gasteiger partial charge in [0.05, 0.1) is 0 Å². The van der Waals surface area contributed by atoms with Gasteiger partial charge in [-0.3, -0.25) is 0 Å². The topological polar surface area (TPSA) is 59.6 Å². The fourth-order valence-electron chi connectivity index (χ4n) is 1.61. The second-order valence-electron chi connectivity index (χ2n) is 3.89. The van der Waals surface area contributed by atoms with Crippen LogP contribution in [0.3, 0.4) is 0 Å². The van der Waals surface area contributed by atoms with Crippen LogP contribution >= 0.6 is 0 Å². The molecule has 0 aromatic heterocycles. The monoisotopic (exact) mass is 245 g/mol. The Labute approximate surface area is 112 Å². The highest BCUT2D eigenvalue weighted by molar-refractivity contribution is 5.65. The van der Waals surface area contributed by atoms with Gasteiger partial charge in [0.25, 0.3) is 0 Å². The first-order valence-corrected chi connectivity index (χ1v) is 5.76. The minimum Gasteiger partial charge on any atom is -0.356 e. The van der Waals surface area contributed by atoms with E-state index in [1.807, 2.05) is 66.7 Å². The van der Waals surface area contributed by atoms with Crippen LogP contribution in [0.5, 0.6) is 0 Å². The number of anilines is 2. The number of hydrogen-bond acceptors (Lipinski definition) is 3. The normalized spacial score (nSPS) is 8.95. The average molecular weight is 245 g/mol. The molecule has 3 heteroatoms. The Morgan fingerprint density at radius 1 is 0.842 bits per heavy atom. The highest BCUT2D eigenvalue weighted by Gasteiger charge is 1.96. The Morgan fingerprint density at radius 3 is 2.00 bits per heavy atom. The van der Waals surface area contributed by atoms with Crippen molar-refractivity contribution in [3.63, 3.8) is 0 Å². The molecule has 0 amide bonds. The first-order valence-electron chi connectivity index (χ1n) is 5.76. The predicted octanol–water partition coefficient (Wildman–Crippen LogP) is 3.86. The van der Waals surface area contributed by atoms with Gasteiger partial charge in [0.2, 0.25) is 0 Å². The van der Waals surface area contributed by atoms with Crippen LogP contribution in [0.1, 0.15) is 5.56 Å². The molecule has 0 bridgehead atoms. The predicted molar refractivity (Wildman–Crippen MR) is 75.4 cm³/mol. The van der Waals surface area contributed by atoms with E-state index in [0.717, 1.165) is 16.9 Å². The number of hydrogen-bond donors (Lipinski definition) is 1. The first kappa shape index (κ1) is 12.4. The van der Waals surface area contributed by atoms with Crippen molar-refractivity contribution in [2.45, 2.75) is 0 Å². The molecule has 0 radical (unpaired) electrons. The Bertz CT molecular complexity index is 640. The number of allylic oxidation sites excluding steroid dienone is 1. The lowest BCUT2D eigenvalue weighted by atomic mass is 10.1. The van der Waals surface area contributed by atoms with Gasteiger partial charge in [-0.15, -0.1) is 0 Å². The van der Waals surface area contributed by atoms with Gasteiger partial charge in [-0.1, -0.05) is 30.3 Å². The third kappa shape index (κ3) is 3.46. The molecule has 0 aliphatic carbocycles. The Balaban J connectivity index is 2.14. The molecule has 0 fully saturated rings. The Kier molecular flexibility index (Phi) is 3.95. The van der Waals surface area contributed by atoms with E-state index >= 15 is 0 Å². The van der Waals surface area contributed by atoms with Crippen LogP contribution in [0.25, 0.3) is 6.08 Å². The van der Waals surface area contributed by atoms with E-state index in [9.17, 15) is 0 Å². The summed E-state index contributed by atoms with van der Waals surface area (Å²) in [5, 5.41) is 20.6. The number of nitriles is 2. The van der Waals surface area contributed by atoms with E-state index in [4.69, 9.17) is 10.5 Å². The minimum atomic E-state index is 0.101. The van der Waals surface area contributed by atoms with E-state index in [1.54, 1.807) is 6.08 Å². The molecular formula is C16H11N3. The molecule has 0 aliphatic heterocycles. The molecule has 0 saturated carbocycles. The van der Waals surface area contributed by atoms with Gasteiger partial charge < -0.3 is 5.32 Å². The van der Waals surface area contributed by atoms with Crippen LogP contribution < -0.4 is 5.32 Å². The Hall–Kier alpha value is -3.04. The fourth-order valence-corrected chi connectivity index (χ4v) is 1.61. The Morgan fingerprint density at radius 2 is 1.42 bits per heavy atom. The van der Waals surface area contributed by atoms with Gasteiger partial charge in [-0.2, -0.15) is 10.5 Å². The van der Waals surface area contributed by atoms with E-state index in [-0.39, 0.29) is 5.57 Å². The number of nitrogens with zero attached hydrogens (tertiary/aromatic N) is 2. The quantitative estimate of drug-likeness (QED) is 0.835. The summed E-state index contributed by atoms with van der Waals surface area (Å²) in [6.07, 6.45) is 1.56. The maximum Gasteiger partial charge on any atom is 0.130 e. The molecule has 0 aliphatic rings. The van der Waals surface area contributed by atoms with Crippen molar-refractivity contribution in [2.75, 3.05) is 5.32 Å². The van der Waals surface area contributed by atoms with E-state index in [2.05, 4.69) is 5.32 Å². The summed E-state index contributed by atoms with van der Waals surface area (Å²) in [6.45, 7) is 0. The molecule has 2 aromatic rings. The van der Waals surface area contributed by atoms with Gasteiger partial charge in [0.1, 0.15) is 17.7 Å². The molecule has 0 atom stereocenters. The zero-order valence-corrected chi connectivity index (χ0v) is 10.2. The van der Waals surface area contributed by atoms with Crippen LogP contribution in [-0.4, -0.2) is 0 Å². The molecule has 19 heavy (non-hydrogen) atoms. The van der Waals surface area contributed by atoms with E-state index in [1.165, 1.54) is 0 Å². The third-order valence-corrected chi connectivity index (χ3v) is 2.53. The molecule has 3 nitrogen and oxygen atoms in total. The minimum absolute atomic E-state index is 0.101. The van der Waals surface area contributed by atoms with Crippen molar-refractivity contribution < 1.29 is 0 Å². The maximum absolute atomic E-state index is 8.68. The number of benzene rings is 2. The molecule has 0 heterocycles. The van der Waals surface area contributed by atoms with Crippen LogP contribution in [0, 0.1) is 22.7 Å². The average Bonchev–Trinajstić information content (AvgIpc) is 2.47. The van der Waals surface area contributed by atoms with Crippen molar-refractivity contribution in [1.29, 1.82) is 10.5 Å². The maximum atomic E-state index is 8.68. The fraction of sp³-hybridized carbons (Fsp3) is 0. The summed E-state index contributed by atoms with van der Waals surface area (Å²) >= 11 is 0. The second-order valence-corrected chi connectivity index (χ2v) is 3.89. The molecule has 0 saturated heterocycles. The first-order chi connectivity index (χ1) is 9.31. The third-order valence-electron chi connectivity index (χ3n) is 2.53. The molecule has 90 valence electrons. The van der Waals surface area contributed by atoms with Crippen LogP contribution in [0.15, 0.2) is 60.2 Å². The van der Waals surface area contributed by atoms with Gasteiger partial charge in [-0.05, 0) is 35.9 Å². The molecule has 2 aromatic carbocycles. The van der Waals surface area contributed by atoms with E-state index < -0.39 is 0 Å². The van der Waals surface area contributed by atoms with Gasteiger partial charge in [0.15, 0.2) is 0 Å². The summed E-state index contributed by atoms with van der Waals surface area (Å²) in [4.78, 5) is 0. The lowest BCUT2D eigenvalue weighted by Gasteiger charge is -2.06. The van der Waals surface area contributed by atoms with Crippen LogP contribution in [-0.2, 0) is 0 Å². The number of rotatable bonds is 3. The molecule has 2 rings (SSSR count). The summed E-state index contributed by atoms with van der Waals surface area (Å²) in [7, 11) is 0. The summed E-state index contributed by atoms with van der Waals surface area (Å²) in [5.41, 5.74) is 2.90. The van der Waals surface area contributed by atoms with Gasteiger partial charge >= 0.3 is 0 Å². The zero-order chi connectivity index (χ0) is 13.5. The van der Waals surface area contributed by atoms with Crippen molar-refractivity contribution in [3.05, 3.63) is 65.7 Å². The van der Waals surface area contributed by atoms with E-state index in [0.29, 0.717) is 0 Å². The van der Waals surface area contributed by atoms with Crippen molar-refractivity contribution in [1.82, 2.24) is 0 Å². The van der Waals surface area contributed by atoms with Crippen molar-refractivity contribution >= 4 is 17.5 Å². The lowest BCUT2D eigenvalue weighted by Crippen LogP contribution is -1.89. The largest absolute Gasteiger partial charge is 0.356 e. The van der Waals surface area contributed by atoms with Crippen LogP contribution in [0.2, 0.25) is 0 Å². The molecular weight excluding hydrogens is 234 g/mol. The molecule has 0 spiro atoms. The molecule has 1 N–H and O–H groups in total. The summed E-state index contributed by atoms with van der Waals surface area (Å²) in [6, 6.07) is 21.1. The highest BCUT2D eigenvalue weighted by Crippen LogP contribution is 2.17. The smallest absolute Gasteiger partial charge is 0.130 e. The highest BCUT2D eigenvalue weighted by atomic mass is 14.9. The van der Waals surface area contributed by atoms with Crippen molar-refractivity contribution in [3.8, 4) is 12.1 Å². The lowest BCUT2D eigenvalue weighted by molar-refractivity contribution is 1.47. The standard InChI is InChI=1S/C16H11N3/c17-11-14(12-18)10-13-6-8-16(9-7-13)19-15-4-2-1-3-5-15/h1-10,19H. The van der Waals surface area contributed by atoms with Crippen LogP contribution in [0.4, 0.5) is 11.4 Å². The summed E-state index contributed by atoms with van der Waals surface area (Å²) < 4.78 is 0. The van der Waals surface area contributed by atoms with Gasteiger partial charge in [0, 0.05) is 11.4 Å². The number of nitrogens with one attached hydrogen (secondary N) is 1. The second kappa shape index (κ2) is 6.05. The zero-order valence-electron chi connectivity index (χ0n) is 10.2. The van der Waals surface area contributed by atoms with Crippen molar-refractivity contribution in [2.24, 2.45) is 0 Å². The molecule has 0 unspecified atom stereocenters. The van der Waals surface area contributed by atoms with Gasteiger partial charge in [-0.25, -0.2) is 0 Å². The number of para-hydroxylation sites is 1. The SMILES string of the molecule is N#CC(C#N)=Cc1ccc(Nc2ccccc2)cc1. The summed E-state index contributed by atoms with van der Waals surface area (Å²) in [5.74, 6) is 0.